The third kappa shape index (κ3) is 4.41. The smallest absolute Gasteiger partial charge is 0.223 e. The molecule has 1 heterocycles. The Labute approximate surface area is 101 Å². The van der Waals surface area contributed by atoms with Gasteiger partial charge in [0.25, 0.3) is 0 Å². The number of rotatable bonds is 7. The van der Waals surface area contributed by atoms with Crippen LogP contribution < -0.4 is 10.0 Å². The maximum Gasteiger partial charge on any atom is 0.223 e. The molecule has 0 aromatic carbocycles. The van der Waals surface area contributed by atoms with Gasteiger partial charge in [-0.25, -0.2) is 13.1 Å². The molecule has 0 amide bonds. The topological polar surface area (TPSA) is 97.1 Å². The number of sulfonamides is 1. The van der Waals surface area contributed by atoms with Crippen LogP contribution in [0.3, 0.4) is 0 Å². The minimum Gasteiger partial charge on any atom is -0.340 e. The highest BCUT2D eigenvalue weighted by atomic mass is 32.2. The molecular formula is C9H18N4O3S. The first-order valence-corrected chi connectivity index (χ1v) is 6.92. The van der Waals surface area contributed by atoms with E-state index >= 15 is 0 Å². The van der Waals surface area contributed by atoms with Crippen molar-refractivity contribution in [3.8, 4) is 0 Å². The lowest BCUT2D eigenvalue weighted by molar-refractivity contribution is 0.387. The largest absolute Gasteiger partial charge is 0.340 e. The van der Waals surface area contributed by atoms with Crippen molar-refractivity contribution >= 4 is 10.0 Å². The van der Waals surface area contributed by atoms with Crippen LogP contribution in [0.25, 0.3) is 0 Å². The van der Waals surface area contributed by atoms with Gasteiger partial charge in [-0.05, 0) is 14.0 Å². The predicted octanol–water partition coefficient (Wildman–Crippen LogP) is -0.552. The summed E-state index contributed by atoms with van der Waals surface area (Å²) >= 11 is 0. The molecule has 0 aliphatic heterocycles. The van der Waals surface area contributed by atoms with Crippen molar-refractivity contribution in [3.05, 3.63) is 11.7 Å². The normalized spacial score (nSPS) is 13.8. The number of nitrogens with one attached hydrogen (secondary N) is 2. The summed E-state index contributed by atoms with van der Waals surface area (Å²) < 4.78 is 30.7. The number of hydrogen-bond acceptors (Lipinski definition) is 6. The Hall–Kier alpha value is -0.990. The average Bonchev–Trinajstić information content (AvgIpc) is 2.64. The van der Waals surface area contributed by atoms with Crippen LogP contribution in [0, 0.1) is 6.92 Å². The molecule has 0 aliphatic rings. The van der Waals surface area contributed by atoms with E-state index in [9.17, 15) is 8.42 Å². The van der Waals surface area contributed by atoms with Crippen molar-refractivity contribution in [2.75, 3.05) is 20.1 Å². The summed E-state index contributed by atoms with van der Waals surface area (Å²) in [4.78, 5) is 3.99. The Morgan fingerprint density at radius 3 is 2.71 bits per heavy atom. The van der Waals surface area contributed by atoms with Gasteiger partial charge in [-0.2, -0.15) is 4.98 Å². The van der Waals surface area contributed by atoms with Crippen molar-refractivity contribution in [2.45, 2.75) is 25.5 Å². The van der Waals surface area contributed by atoms with Crippen molar-refractivity contribution in [1.82, 2.24) is 20.2 Å². The van der Waals surface area contributed by atoms with E-state index in [0.29, 0.717) is 24.7 Å². The molecule has 0 radical (unpaired) electrons. The first-order chi connectivity index (χ1) is 7.95. The van der Waals surface area contributed by atoms with Crippen LogP contribution in [-0.4, -0.2) is 43.9 Å². The second-order valence-electron chi connectivity index (χ2n) is 3.79. The Morgan fingerprint density at radius 2 is 2.18 bits per heavy atom. The van der Waals surface area contributed by atoms with Crippen molar-refractivity contribution in [1.29, 1.82) is 0 Å². The average molecular weight is 262 g/mol. The van der Waals surface area contributed by atoms with E-state index in [2.05, 4.69) is 20.2 Å². The molecular weight excluding hydrogens is 244 g/mol. The van der Waals surface area contributed by atoms with Gasteiger partial charge >= 0.3 is 0 Å². The first kappa shape index (κ1) is 14.1. The zero-order valence-corrected chi connectivity index (χ0v) is 11.0. The highest BCUT2D eigenvalue weighted by molar-refractivity contribution is 7.90. The Kier molecular flexibility index (Phi) is 5.03. The van der Waals surface area contributed by atoms with Gasteiger partial charge in [0.05, 0.1) is 5.25 Å². The van der Waals surface area contributed by atoms with Gasteiger partial charge in [0.2, 0.25) is 15.9 Å². The number of nitrogens with zero attached hydrogens (tertiary/aromatic N) is 2. The zero-order valence-electron chi connectivity index (χ0n) is 10.2. The van der Waals surface area contributed by atoms with Crippen LogP contribution in [0.4, 0.5) is 0 Å². The van der Waals surface area contributed by atoms with Crippen LogP contribution in [-0.2, 0) is 16.4 Å². The zero-order chi connectivity index (χ0) is 12.9. The minimum atomic E-state index is -3.28. The van der Waals surface area contributed by atoms with Crippen LogP contribution in [0.15, 0.2) is 4.52 Å². The highest BCUT2D eigenvalue weighted by Crippen LogP contribution is 1.98. The fourth-order valence-corrected chi connectivity index (χ4v) is 2.34. The van der Waals surface area contributed by atoms with E-state index < -0.39 is 15.3 Å². The van der Waals surface area contributed by atoms with E-state index in [4.69, 9.17) is 4.52 Å². The van der Waals surface area contributed by atoms with Crippen molar-refractivity contribution in [2.24, 2.45) is 0 Å². The monoisotopic (exact) mass is 262 g/mol. The van der Waals surface area contributed by atoms with Crippen LogP contribution >= 0.6 is 0 Å². The van der Waals surface area contributed by atoms with E-state index in [-0.39, 0.29) is 6.54 Å². The number of aromatic nitrogens is 2. The minimum absolute atomic E-state index is 0.273. The molecule has 0 saturated heterocycles. The fourth-order valence-electron chi connectivity index (χ4n) is 1.29. The summed E-state index contributed by atoms with van der Waals surface area (Å²) in [6.07, 6.45) is 0.419. The summed E-state index contributed by atoms with van der Waals surface area (Å²) in [7, 11) is -1.57. The van der Waals surface area contributed by atoms with Gasteiger partial charge in [-0.1, -0.05) is 5.16 Å². The summed E-state index contributed by atoms with van der Waals surface area (Å²) in [6.45, 7) is 4.03. The van der Waals surface area contributed by atoms with Crippen molar-refractivity contribution < 1.29 is 12.9 Å². The molecule has 1 unspecified atom stereocenters. The molecule has 1 aromatic rings. The first-order valence-electron chi connectivity index (χ1n) is 5.38. The molecule has 1 atom stereocenters. The summed E-state index contributed by atoms with van der Waals surface area (Å²) in [5.74, 6) is 0.984. The van der Waals surface area contributed by atoms with Gasteiger partial charge in [0.15, 0.2) is 5.82 Å². The molecule has 0 spiro atoms. The molecule has 98 valence electrons. The Morgan fingerprint density at radius 1 is 1.47 bits per heavy atom. The number of aryl methyl sites for hydroxylation is 1. The molecule has 0 bridgehead atoms. The molecule has 8 heteroatoms. The van der Waals surface area contributed by atoms with Gasteiger partial charge in [0, 0.05) is 26.4 Å². The molecule has 1 aromatic heterocycles. The lowest BCUT2D eigenvalue weighted by atomic mass is 10.4. The van der Waals surface area contributed by atoms with Crippen LogP contribution in [0.1, 0.15) is 18.6 Å². The molecule has 1 rings (SSSR count). The molecule has 0 aliphatic carbocycles. The third-order valence-electron chi connectivity index (χ3n) is 2.24. The second-order valence-corrected chi connectivity index (χ2v) is 5.97. The van der Waals surface area contributed by atoms with Gasteiger partial charge < -0.3 is 9.84 Å². The molecule has 2 N–H and O–H groups in total. The molecule has 0 fully saturated rings. The summed E-state index contributed by atoms with van der Waals surface area (Å²) in [6, 6.07) is 0. The van der Waals surface area contributed by atoms with Crippen LogP contribution in [0.2, 0.25) is 0 Å². The standard InChI is InChI=1S/C9H18N4O3S/c1-7(6-10-3)17(14,15)11-5-4-9-12-8(2)16-13-9/h7,10-11H,4-6H2,1-3H3. The molecule has 17 heavy (non-hydrogen) atoms. The lowest BCUT2D eigenvalue weighted by Gasteiger charge is -2.12. The second kappa shape index (κ2) is 6.08. The molecule has 0 saturated carbocycles. The lowest BCUT2D eigenvalue weighted by Crippen LogP contribution is -2.38. The maximum atomic E-state index is 11.7. The van der Waals surface area contributed by atoms with Crippen LogP contribution in [0.5, 0.6) is 0 Å². The maximum absolute atomic E-state index is 11.7. The van der Waals surface area contributed by atoms with Gasteiger partial charge in [-0.3, -0.25) is 0 Å². The summed E-state index contributed by atoms with van der Waals surface area (Å²) in [5.41, 5.74) is 0. The SMILES string of the molecule is CNCC(C)S(=O)(=O)NCCc1noc(C)n1. The number of hydrogen-bond donors (Lipinski definition) is 2. The summed E-state index contributed by atoms with van der Waals surface area (Å²) in [5, 5.41) is 6.04. The highest BCUT2D eigenvalue weighted by Gasteiger charge is 2.19. The Balaban J connectivity index is 2.40. The third-order valence-corrected chi connectivity index (χ3v) is 4.08. The predicted molar refractivity (Wildman–Crippen MR) is 63.1 cm³/mol. The van der Waals surface area contributed by atoms with E-state index in [1.807, 2.05) is 0 Å². The fraction of sp³-hybridized carbons (Fsp3) is 0.778. The van der Waals surface area contributed by atoms with Gasteiger partial charge in [0.1, 0.15) is 0 Å². The van der Waals surface area contributed by atoms with E-state index in [1.54, 1.807) is 20.9 Å². The van der Waals surface area contributed by atoms with Gasteiger partial charge in [-0.15, -0.1) is 0 Å². The van der Waals surface area contributed by atoms with Crippen molar-refractivity contribution in [3.63, 3.8) is 0 Å². The Bertz CT molecular complexity index is 443. The van der Waals surface area contributed by atoms with E-state index in [1.165, 1.54) is 0 Å². The molecule has 7 nitrogen and oxygen atoms in total. The van der Waals surface area contributed by atoms with E-state index in [0.717, 1.165) is 0 Å². The quantitative estimate of drug-likeness (QED) is 0.684.